The smallest absolute Gasteiger partial charge is 0.315 e. The second-order valence-corrected chi connectivity index (χ2v) is 4.85. The lowest BCUT2D eigenvalue weighted by Crippen LogP contribution is -2.30. The summed E-state index contributed by atoms with van der Waals surface area (Å²) in [5, 5.41) is 2.04. The van der Waals surface area contributed by atoms with Gasteiger partial charge in [-0.25, -0.2) is 0 Å². The zero-order chi connectivity index (χ0) is 12.8. The molecular formula is C12H17NO3S. The molecular weight excluding hydrogens is 238 g/mol. The van der Waals surface area contributed by atoms with Crippen LogP contribution >= 0.6 is 11.3 Å². The van der Waals surface area contributed by atoms with Gasteiger partial charge >= 0.3 is 5.97 Å². The van der Waals surface area contributed by atoms with Gasteiger partial charge in [-0.15, -0.1) is 11.3 Å². The SMILES string of the molecule is COC(=O)CC(=O)N(C)CCc1sccc1C. The number of aryl methyl sites for hydroxylation is 1. The van der Waals surface area contributed by atoms with E-state index in [9.17, 15) is 9.59 Å². The van der Waals surface area contributed by atoms with Crippen molar-refractivity contribution in [3.8, 4) is 0 Å². The summed E-state index contributed by atoms with van der Waals surface area (Å²) < 4.78 is 4.46. The van der Waals surface area contributed by atoms with Crippen molar-refractivity contribution < 1.29 is 14.3 Å². The van der Waals surface area contributed by atoms with Crippen LogP contribution < -0.4 is 0 Å². The van der Waals surface area contributed by atoms with Crippen LogP contribution in [0.1, 0.15) is 16.9 Å². The van der Waals surface area contributed by atoms with Crippen LogP contribution in [0.15, 0.2) is 11.4 Å². The van der Waals surface area contributed by atoms with E-state index in [0.29, 0.717) is 6.54 Å². The molecule has 1 rings (SSSR count). The highest BCUT2D eigenvalue weighted by Gasteiger charge is 2.14. The van der Waals surface area contributed by atoms with Gasteiger partial charge in [-0.2, -0.15) is 0 Å². The molecule has 0 aliphatic rings. The molecule has 0 bridgehead atoms. The second-order valence-electron chi connectivity index (χ2n) is 3.84. The van der Waals surface area contributed by atoms with Gasteiger partial charge in [0.2, 0.25) is 5.91 Å². The van der Waals surface area contributed by atoms with Crippen molar-refractivity contribution in [2.45, 2.75) is 19.8 Å². The Kier molecular flexibility index (Phi) is 5.15. The Bertz CT molecular complexity index is 400. The number of likely N-dealkylation sites (N-methyl/N-ethyl adjacent to an activating group) is 1. The van der Waals surface area contributed by atoms with Crippen LogP contribution in [0.4, 0.5) is 0 Å². The summed E-state index contributed by atoms with van der Waals surface area (Å²) in [5.74, 6) is -0.694. The number of thiophene rings is 1. The summed E-state index contributed by atoms with van der Waals surface area (Å²) in [4.78, 5) is 25.4. The average molecular weight is 255 g/mol. The maximum atomic E-state index is 11.6. The first kappa shape index (κ1) is 13.7. The van der Waals surface area contributed by atoms with Crippen molar-refractivity contribution >= 4 is 23.2 Å². The van der Waals surface area contributed by atoms with E-state index in [1.807, 2.05) is 5.38 Å². The fourth-order valence-electron chi connectivity index (χ4n) is 1.38. The predicted octanol–water partition coefficient (Wildman–Crippen LogP) is 1.62. The maximum absolute atomic E-state index is 11.6. The maximum Gasteiger partial charge on any atom is 0.315 e. The summed E-state index contributed by atoms with van der Waals surface area (Å²) >= 11 is 1.69. The Balaban J connectivity index is 2.39. The third kappa shape index (κ3) is 4.19. The number of rotatable bonds is 5. The van der Waals surface area contributed by atoms with Gasteiger partial charge in [0.15, 0.2) is 0 Å². The van der Waals surface area contributed by atoms with Crippen molar-refractivity contribution in [2.24, 2.45) is 0 Å². The lowest BCUT2D eigenvalue weighted by molar-refractivity contribution is -0.146. The van der Waals surface area contributed by atoms with Crippen LogP contribution in [0.2, 0.25) is 0 Å². The minimum absolute atomic E-state index is 0.184. The molecule has 17 heavy (non-hydrogen) atoms. The molecule has 0 aromatic carbocycles. The molecule has 4 nitrogen and oxygen atoms in total. The van der Waals surface area contributed by atoms with E-state index >= 15 is 0 Å². The zero-order valence-electron chi connectivity index (χ0n) is 10.4. The molecule has 1 aromatic rings. The number of esters is 1. The van der Waals surface area contributed by atoms with E-state index in [2.05, 4.69) is 17.7 Å². The Labute approximate surface area is 105 Å². The molecule has 0 aliphatic heterocycles. The molecule has 0 N–H and O–H groups in total. The Hall–Kier alpha value is -1.36. The van der Waals surface area contributed by atoms with Crippen molar-refractivity contribution in [3.63, 3.8) is 0 Å². The van der Waals surface area contributed by atoms with Gasteiger partial charge < -0.3 is 9.64 Å². The molecule has 0 saturated heterocycles. The fraction of sp³-hybridized carbons (Fsp3) is 0.500. The van der Waals surface area contributed by atoms with E-state index in [4.69, 9.17) is 0 Å². The van der Waals surface area contributed by atoms with Gasteiger partial charge in [0.1, 0.15) is 6.42 Å². The van der Waals surface area contributed by atoms with Crippen LogP contribution in [0.3, 0.4) is 0 Å². The van der Waals surface area contributed by atoms with Crippen LogP contribution in [0, 0.1) is 6.92 Å². The molecule has 1 amide bonds. The third-order valence-corrected chi connectivity index (χ3v) is 3.67. The summed E-state index contributed by atoms with van der Waals surface area (Å²) in [7, 11) is 2.98. The van der Waals surface area contributed by atoms with Gasteiger partial charge in [-0.3, -0.25) is 9.59 Å². The number of carbonyl (C=O) groups excluding carboxylic acids is 2. The first-order valence-electron chi connectivity index (χ1n) is 5.38. The third-order valence-electron chi connectivity index (χ3n) is 2.59. The molecule has 0 radical (unpaired) electrons. The van der Waals surface area contributed by atoms with E-state index in [1.54, 1.807) is 23.3 Å². The zero-order valence-corrected chi connectivity index (χ0v) is 11.2. The number of methoxy groups -OCH3 is 1. The predicted molar refractivity (Wildman–Crippen MR) is 67.0 cm³/mol. The van der Waals surface area contributed by atoms with Crippen LogP contribution in [-0.2, 0) is 20.7 Å². The van der Waals surface area contributed by atoms with Gasteiger partial charge in [-0.1, -0.05) is 0 Å². The van der Waals surface area contributed by atoms with Crippen LogP contribution in [0.5, 0.6) is 0 Å². The Morgan fingerprint density at radius 2 is 2.18 bits per heavy atom. The quantitative estimate of drug-likeness (QED) is 0.593. The number of amides is 1. The molecule has 1 aromatic heterocycles. The summed E-state index contributed by atoms with van der Waals surface area (Å²) in [6.45, 7) is 2.68. The van der Waals surface area contributed by atoms with Crippen LogP contribution in [0.25, 0.3) is 0 Å². The van der Waals surface area contributed by atoms with Gasteiger partial charge in [0, 0.05) is 18.5 Å². The Morgan fingerprint density at radius 1 is 1.47 bits per heavy atom. The van der Waals surface area contributed by atoms with Crippen molar-refractivity contribution in [3.05, 3.63) is 21.9 Å². The molecule has 0 saturated carbocycles. The molecule has 0 fully saturated rings. The summed E-state index contributed by atoms with van der Waals surface area (Å²) in [6, 6.07) is 2.07. The summed E-state index contributed by atoms with van der Waals surface area (Å²) in [5.41, 5.74) is 1.25. The monoisotopic (exact) mass is 255 g/mol. The minimum atomic E-state index is -0.492. The highest BCUT2D eigenvalue weighted by atomic mass is 32.1. The van der Waals surface area contributed by atoms with E-state index in [-0.39, 0.29) is 12.3 Å². The summed E-state index contributed by atoms with van der Waals surface area (Å²) in [6.07, 6.45) is 0.642. The van der Waals surface area contributed by atoms with Gasteiger partial charge in [0.25, 0.3) is 0 Å². The number of carbonyl (C=O) groups is 2. The molecule has 94 valence electrons. The van der Waals surface area contributed by atoms with Crippen molar-refractivity contribution in [1.82, 2.24) is 4.90 Å². The molecule has 5 heteroatoms. The first-order valence-corrected chi connectivity index (χ1v) is 6.26. The molecule has 0 unspecified atom stereocenters. The van der Waals surface area contributed by atoms with Crippen LogP contribution in [-0.4, -0.2) is 37.5 Å². The van der Waals surface area contributed by atoms with E-state index < -0.39 is 5.97 Å². The number of nitrogens with zero attached hydrogens (tertiary/aromatic N) is 1. The fourth-order valence-corrected chi connectivity index (χ4v) is 2.28. The molecule has 0 spiro atoms. The molecule has 0 aliphatic carbocycles. The first-order chi connectivity index (χ1) is 8.04. The normalized spacial score (nSPS) is 10.1. The highest BCUT2D eigenvalue weighted by Crippen LogP contribution is 2.16. The standard InChI is InChI=1S/C12H17NO3S/c1-9-5-7-17-10(9)4-6-13(2)11(14)8-12(15)16-3/h5,7H,4,6,8H2,1-3H3. The number of hydrogen-bond acceptors (Lipinski definition) is 4. The van der Waals surface area contributed by atoms with Crippen molar-refractivity contribution in [1.29, 1.82) is 0 Å². The lowest BCUT2D eigenvalue weighted by Gasteiger charge is -2.16. The van der Waals surface area contributed by atoms with Crippen molar-refractivity contribution in [2.75, 3.05) is 20.7 Å². The van der Waals surface area contributed by atoms with Gasteiger partial charge in [0.05, 0.1) is 7.11 Å². The number of hydrogen-bond donors (Lipinski definition) is 0. The Morgan fingerprint density at radius 3 is 2.71 bits per heavy atom. The van der Waals surface area contributed by atoms with E-state index in [1.165, 1.54) is 17.6 Å². The van der Waals surface area contributed by atoms with Gasteiger partial charge in [-0.05, 0) is 30.4 Å². The molecule has 0 atom stereocenters. The number of ether oxygens (including phenoxy) is 1. The molecule has 1 heterocycles. The lowest BCUT2D eigenvalue weighted by atomic mass is 10.2. The minimum Gasteiger partial charge on any atom is -0.469 e. The largest absolute Gasteiger partial charge is 0.469 e. The van der Waals surface area contributed by atoms with E-state index in [0.717, 1.165) is 6.42 Å². The average Bonchev–Trinajstić information content (AvgIpc) is 2.71. The topological polar surface area (TPSA) is 46.6 Å². The highest BCUT2D eigenvalue weighted by molar-refractivity contribution is 7.10. The second kappa shape index (κ2) is 6.39.